The maximum atomic E-state index is 12.2. The highest BCUT2D eigenvalue weighted by atomic mass is 16.5. The fourth-order valence-corrected chi connectivity index (χ4v) is 2.77. The lowest BCUT2D eigenvalue weighted by molar-refractivity contribution is -0.123. The molecule has 0 bridgehead atoms. The molecule has 0 fully saturated rings. The molecule has 26 heavy (non-hydrogen) atoms. The van der Waals surface area contributed by atoms with Crippen LogP contribution < -0.4 is 10.6 Å². The molecule has 3 amide bonds. The topological polar surface area (TPSA) is 103 Å². The zero-order chi connectivity index (χ0) is 19.3. The van der Waals surface area contributed by atoms with Gasteiger partial charge in [-0.05, 0) is 45.9 Å². The molecule has 0 aliphatic rings. The molecule has 8 heteroatoms. The number of hydrogen-bond donors (Lipinski definition) is 2. The Morgan fingerprint density at radius 2 is 2.00 bits per heavy atom. The van der Waals surface area contributed by atoms with Gasteiger partial charge in [0.25, 0.3) is 5.91 Å². The molecule has 0 aliphatic carbocycles. The van der Waals surface area contributed by atoms with Crippen molar-refractivity contribution in [1.29, 1.82) is 0 Å². The van der Waals surface area contributed by atoms with Gasteiger partial charge in [-0.15, -0.1) is 0 Å². The van der Waals surface area contributed by atoms with Crippen molar-refractivity contribution in [2.75, 3.05) is 6.61 Å². The Labute approximate surface area is 151 Å². The van der Waals surface area contributed by atoms with Crippen LogP contribution in [0.2, 0.25) is 0 Å². The van der Waals surface area contributed by atoms with Gasteiger partial charge in [-0.25, -0.2) is 9.59 Å². The lowest BCUT2D eigenvalue weighted by Gasteiger charge is -2.13. The molecule has 2 N–H and O–H groups in total. The van der Waals surface area contributed by atoms with E-state index in [1.807, 2.05) is 32.3 Å². The molecule has 0 radical (unpaired) electrons. The number of nitrogens with zero attached hydrogens (tertiary/aromatic N) is 1. The van der Waals surface area contributed by atoms with Crippen molar-refractivity contribution >= 4 is 17.9 Å². The standard InChI is InChI=1S/C18H23N3O5/c1-11(2)21-12(3)8-15(13(21)4)17(23)26-10-16(22)20-18(24)19-9-14-6-5-7-25-14/h5-8,11H,9-10H2,1-4H3,(H2,19,20,22,24). The molecule has 0 aromatic carbocycles. The van der Waals surface area contributed by atoms with Gasteiger partial charge in [-0.2, -0.15) is 0 Å². The van der Waals surface area contributed by atoms with Crippen LogP contribution in [0.25, 0.3) is 0 Å². The number of hydrogen-bond acceptors (Lipinski definition) is 5. The molecule has 0 atom stereocenters. The molecule has 8 nitrogen and oxygen atoms in total. The van der Waals surface area contributed by atoms with Gasteiger partial charge in [0.1, 0.15) is 5.76 Å². The number of aromatic nitrogens is 1. The SMILES string of the molecule is Cc1cc(C(=O)OCC(=O)NC(=O)NCc2ccco2)c(C)n1C(C)C. The largest absolute Gasteiger partial charge is 0.467 e. The summed E-state index contributed by atoms with van der Waals surface area (Å²) in [4.78, 5) is 35.5. The number of amides is 3. The Bertz CT molecular complexity index is 790. The summed E-state index contributed by atoms with van der Waals surface area (Å²) in [5.74, 6) is -0.761. The number of imide groups is 1. The summed E-state index contributed by atoms with van der Waals surface area (Å²) >= 11 is 0. The maximum absolute atomic E-state index is 12.2. The Hall–Kier alpha value is -3.03. The maximum Gasteiger partial charge on any atom is 0.340 e. The minimum Gasteiger partial charge on any atom is -0.467 e. The number of ether oxygens (including phenoxy) is 1. The van der Waals surface area contributed by atoms with Crippen LogP contribution in [-0.4, -0.2) is 29.1 Å². The van der Waals surface area contributed by atoms with E-state index in [-0.39, 0.29) is 12.6 Å². The Morgan fingerprint density at radius 1 is 1.27 bits per heavy atom. The van der Waals surface area contributed by atoms with E-state index in [1.54, 1.807) is 18.2 Å². The first kappa shape index (κ1) is 19.3. The van der Waals surface area contributed by atoms with Crippen molar-refractivity contribution in [2.45, 2.75) is 40.3 Å². The number of rotatable bonds is 6. The minimum atomic E-state index is -0.715. The van der Waals surface area contributed by atoms with Crippen LogP contribution in [0.15, 0.2) is 28.9 Å². The first-order valence-corrected chi connectivity index (χ1v) is 8.25. The molecular weight excluding hydrogens is 338 g/mol. The van der Waals surface area contributed by atoms with Gasteiger partial charge in [0, 0.05) is 17.4 Å². The smallest absolute Gasteiger partial charge is 0.340 e. The van der Waals surface area contributed by atoms with E-state index in [2.05, 4.69) is 10.6 Å². The number of nitrogens with one attached hydrogen (secondary N) is 2. The first-order chi connectivity index (χ1) is 12.3. The van der Waals surface area contributed by atoms with Gasteiger partial charge in [-0.1, -0.05) is 0 Å². The third-order valence-corrected chi connectivity index (χ3v) is 3.81. The predicted molar refractivity (Wildman–Crippen MR) is 93.7 cm³/mol. The highest BCUT2D eigenvalue weighted by Crippen LogP contribution is 2.20. The number of carbonyl (C=O) groups is 3. The molecule has 2 heterocycles. The lowest BCUT2D eigenvalue weighted by Crippen LogP contribution is -2.41. The molecule has 0 saturated carbocycles. The first-order valence-electron chi connectivity index (χ1n) is 8.25. The zero-order valence-electron chi connectivity index (χ0n) is 15.3. The fraction of sp³-hybridized carbons (Fsp3) is 0.389. The molecule has 2 aromatic rings. The number of urea groups is 1. The number of furan rings is 1. The second-order valence-electron chi connectivity index (χ2n) is 6.13. The van der Waals surface area contributed by atoms with Gasteiger partial charge in [0.2, 0.25) is 0 Å². The van der Waals surface area contributed by atoms with Gasteiger partial charge in [0.05, 0.1) is 18.4 Å². The Balaban J connectivity index is 1.82. The summed E-state index contributed by atoms with van der Waals surface area (Å²) in [5.41, 5.74) is 2.12. The van der Waals surface area contributed by atoms with Crippen LogP contribution in [0.3, 0.4) is 0 Å². The van der Waals surface area contributed by atoms with E-state index < -0.39 is 24.5 Å². The fourth-order valence-electron chi connectivity index (χ4n) is 2.77. The highest BCUT2D eigenvalue weighted by Gasteiger charge is 2.19. The van der Waals surface area contributed by atoms with Gasteiger partial charge < -0.3 is 19.0 Å². The second-order valence-corrected chi connectivity index (χ2v) is 6.13. The third kappa shape index (κ3) is 4.75. The van der Waals surface area contributed by atoms with Crippen LogP contribution >= 0.6 is 0 Å². The van der Waals surface area contributed by atoms with Crippen molar-refractivity contribution in [2.24, 2.45) is 0 Å². The molecule has 2 aromatic heterocycles. The van der Waals surface area contributed by atoms with E-state index in [4.69, 9.17) is 9.15 Å². The van der Waals surface area contributed by atoms with Crippen LogP contribution in [0, 0.1) is 13.8 Å². The molecule has 2 rings (SSSR count). The summed E-state index contributed by atoms with van der Waals surface area (Å²) < 4.78 is 12.1. The normalized spacial score (nSPS) is 10.7. The third-order valence-electron chi connectivity index (χ3n) is 3.81. The van der Waals surface area contributed by atoms with Crippen molar-refractivity contribution in [1.82, 2.24) is 15.2 Å². The highest BCUT2D eigenvalue weighted by molar-refractivity contribution is 5.97. The number of carbonyl (C=O) groups excluding carboxylic acids is 3. The zero-order valence-corrected chi connectivity index (χ0v) is 15.3. The number of aryl methyl sites for hydroxylation is 1. The van der Waals surface area contributed by atoms with E-state index in [1.165, 1.54) is 6.26 Å². The Morgan fingerprint density at radius 3 is 2.58 bits per heavy atom. The minimum absolute atomic E-state index is 0.146. The number of esters is 1. The lowest BCUT2D eigenvalue weighted by atomic mass is 10.2. The van der Waals surface area contributed by atoms with E-state index in [9.17, 15) is 14.4 Å². The summed E-state index contributed by atoms with van der Waals surface area (Å²) in [6, 6.07) is 4.62. The van der Waals surface area contributed by atoms with E-state index >= 15 is 0 Å². The van der Waals surface area contributed by atoms with Crippen molar-refractivity contribution in [3.05, 3.63) is 47.2 Å². The average molecular weight is 361 g/mol. The van der Waals surface area contributed by atoms with E-state index in [0.29, 0.717) is 11.3 Å². The molecule has 0 saturated heterocycles. The quantitative estimate of drug-likeness (QED) is 0.770. The van der Waals surface area contributed by atoms with Crippen molar-refractivity contribution < 1.29 is 23.5 Å². The van der Waals surface area contributed by atoms with Crippen LogP contribution in [0.5, 0.6) is 0 Å². The van der Waals surface area contributed by atoms with Crippen LogP contribution in [0.1, 0.15) is 47.4 Å². The van der Waals surface area contributed by atoms with Crippen LogP contribution in [-0.2, 0) is 16.1 Å². The van der Waals surface area contributed by atoms with Gasteiger partial charge in [0.15, 0.2) is 6.61 Å². The van der Waals surface area contributed by atoms with Gasteiger partial charge in [-0.3, -0.25) is 10.1 Å². The summed E-state index contributed by atoms with van der Waals surface area (Å²) in [6.07, 6.45) is 1.48. The van der Waals surface area contributed by atoms with Crippen LogP contribution in [0.4, 0.5) is 4.79 Å². The molecule has 140 valence electrons. The summed E-state index contributed by atoms with van der Waals surface area (Å²) in [5, 5.41) is 4.54. The van der Waals surface area contributed by atoms with Crippen molar-refractivity contribution in [3.8, 4) is 0 Å². The summed E-state index contributed by atoms with van der Waals surface area (Å²) in [6.45, 7) is 7.37. The second kappa shape index (κ2) is 8.37. The predicted octanol–water partition coefficient (Wildman–Crippen LogP) is 2.46. The Kier molecular flexibility index (Phi) is 6.21. The van der Waals surface area contributed by atoms with E-state index in [0.717, 1.165) is 11.4 Å². The monoisotopic (exact) mass is 361 g/mol. The molecule has 0 aliphatic heterocycles. The molecule has 0 unspecified atom stereocenters. The van der Waals surface area contributed by atoms with Gasteiger partial charge >= 0.3 is 12.0 Å². The van der Waals surface area contributed by atoms with Crippen molar-refractivity contribution in [3.63, 3.8) is 0 Å². The average Bonchev–Trinajstić information content (AvgIpc) is 3.18. The summed E-state index contributed by atoms with van der Waals surface area (Å²) in [7, 11) is 0. The molecular formula is C18H23N3O5. The molecule has 0 spiro atoms.